The molecule has 33 heavy (non-hydrogen) atoms. The highest BCUT2D eigenvalue weighted by molar-refractivity contribution is 7.86. The molecule has 1 aromatic heterocycles. The van der Waals surface area contributed by atoms with Crippen molar-refractivity contribution >= 4 is 34.0 Å². The standard InChI is InChI=1S/C26H37NO4S2/c1-9-23(29)27-33(30)24-18(5)15-22(32-24)26(10-2,11-3)19-12-13-20(17(4)14-19)31-16-21(28)25(6,7)8/h12-15H,9-11,16H2,1-8H3,(H,27,29). The molecule has 0 bridgehead atoms. The molecule has 7 heteroatoms. The summed E-state index contributed by atoms with van der Waals surface area (Å²) in [5.41, 5.74) is 2.40. The van der Waals surface area contributed by atoms with Crippen LogP contribution in [-0.4, -0.2) is 22.5 Å². The lowest BCUT2D eigenvalue weighted by atomic mass is 9.74. The zero-order chi connectivity index (χ0) is 25.0. The second-order valence-corrected chi connectivity index (χ2v) is 11.9. The van der Waals surface area contributed by atoms with Gasteiger partial charge in [-0.25, -0.2) is 4.21 Å². The molecule has 1 aromatic carbocycles. The van der Waals surface area contributed by atoms with Crippen LogP contribution in [0.2, 0.25) is 0 Å². The highest BCUT2D eigenvalue weighted by Gasteiger charge is 2.34. The van der Waals surface area contributed by atoms with E-state index < -0.39 is 16.4 Å². The topological polar surface area (TPSA) is 72.5 Å². The van der Waals surface area contributed by atoms with Gasteiger partial charge in [-0.1, -0.05) is 53.7 Å². The molecule has 0 spiro atoms. The number of hydrogen-bond donors (Lipinski definition) is 1. The molecule has 182 valence electrons. The second kappa shape index (κ2) is 11.0. The van der Waals surface area contributed by atoms with Crippen molar-refractivity contribution in [3.63, 3.8) is 0 Å². The number of rotatable bonds is 10. The van der Waals surface area contributed by atoms with E-state index in [2.05, 4.69) is 36.8 Å². The number of benzene rings is 1. The van der Waals surface area contributed by atoms with E-state index in [0.29, 0.717) is 16.4 Å². The van der Waals surface area contributed by atoms with Gasteiger partial charge in [-0.2, -0.15) is 0 Å². The van der Waals surface area contributed by atoms with Gasteiger partial charge >= 0.3 is 0 Å². The fraction of sp³-hybridized carbons (Fsp3) is 0.538. The average molecular weight is 492 g/mol. The Morgan fingerprint density at radius 2 is 1.67 bits per heavy atom. The average Bonchev–Trinajstić information content (AvgIpc) is 3.15. The Balaban J connectivity index is 2.39. The van der Waals surface area contributed by atoms with Gasteiger partial charge in [0.1, 0.15) is 16.6 Å². The Kier molecular flexibility index (Phi) is 9.05. The van der Waals surface area contributed by atoms with E-state index in [0.717, 1.165) is 34.4 Å². The molecular formula is C26H37NO4S2. The van der Waals surface area contributed by atoms with Gasteiger partial charge in [0.15, 0.2) is 16.8 Å². The van der Waals surface area contributed by atoms with Crippen molar-refractivity contribution in [2.45, 2.75) is 84.3 Å². The zero-order valence-electron chi connectivity index (χ0n) is 21.1. The van der Waals surface area contributed by atoms with Gasteiger partial charge in [-0.05, 0) is 55.5 Å². The molecule has 0 aliphatic carbocycles. The van der Waals surface area contributed by atoms with Gasteiger partial charge in [-0.15, -0.1) is 11.3 Å². The van der Waals surface area contributed by atoms with Gasteiger partial charge in [0, 0.05) is 22.1 Å². The molecule has 0 aliphatic heterocycles. The Bertz CT molecular complexity index is 1030. The Labute approximate surface area is 204 Å². The van der Waals surface area contributed by atoms with E-state index in [9.17, 15) is 13.8 Å². The first-order valence-electron chi connectivity index (χ1n) is 11.5. The molecule has 5 nitrogen and oxygen atoms in total. The number of amides is 1. The van der Waals surface area contributed by atoms with Crippen LogP contribution in [-0.2, 0) is 26.0 Å². The van der Waals surface area contributed by atoms with Crippen LogP contribution in [0, 0.1) is 19.3 Å². The third kappa shape index (κ3) is 6.12. The summed E-state index contributed by atoms with van der Waals surface area (Å²) in [6.07, 6.45) is 2.05. The molecule has 1 atom stereocenters. The third-order valence-electron chi connectivity index (χ3n) is 6.17. The van der Waals surface area contributed by atoms with Gasteiger partial charge in [0.25, 0.3) is 0 Å². The molecule has 1 unspecified atom stereocenters. The molecule has 0 fully saturated rings. The summed E-state index contributed by atoms with van der Waals surface area (Å²) in [7, 11) is -1.56. The molecule has 0 saturated carbocycles. The zero-order valence-corrected chi connectivity index (χ0v) is 22.7. The molecule has 2 rings (SSSR count). The predicted octanol–water partition coefficient (Wildman–Crippen LogP) is 6.01. The summed E-state index contributed by atoms with van der Waals surface area (Å²) in [6, 6.07) is 8.25. The molecular weight excluding hydrogens is 454 g/mol. The van der Waals surface area contributed by atoms with Crippen molar-refractivity contribution < 1.29 is 18.5 Å². The van der Waals surface area contributed by atoms with Crippen LogP contribution in [0.1, 0.15) is 82.4 Å². The maximum atomic E-state index is 12.7. The molecule has 0 radical (unpaired) electrons. The number of thiophene rings is 1. The molecule has 0 aliphatic rings. The fourth-order valence-electron chi connectivity index (χ4n) is 3.72. The van der Waals surface area contributed by atoms with E-state index >= 15 is 0 Å². The normalized spacial score (nSPS) is 13.0. The minimum atomic E-state index is -1.56. The van der Waals surface area contributed by atoms with E-state index in [1.54, 1.807) is 6.92 Å². The van der Waals surface area contributed by atoms with Crippen molar-refractivity contribution in [1.29, 1.82) is 0 Å². The summed E-state index contributed by atoms with van der Waals surface area (Å²) in [5.74, 6) is 0.548. The number of carbonyl (C=O) groups excluding carboxylic acids is 2. The monoisotopic (exact) mass is 491 g/mol. The number of carbonyl (C=O) groups is 2. The number of ether oxygens (including phenoxy) is 1. The summed E-state index contributed by atoms with van der Waals surface area (Å²) < 4.78 is 21.8. The van der Waals surface area contributed by atoms with Crippen LogP contribution >= 0.6 is 11.3 Å². The molecule has 1 heterocycles. The maximum Gasteiger partial charge on any atom is 0.231 e. The van der Waals surface area contributed by atoms with Crippen molar-refractivity contribution in [3.8, 4) is 5.75 Å². The van der Waals surface area contributed by atoms with Crippen LogP contribution in [0.5, 0.6) is 5.75 Å². The second-order valence-electron chi connectivity index (χ2n) is 9.46. The summed E-state index contributed by atoms with van der Waals surface area (Å²) >= 11 is 1.51. The minimum Gasteiger partial charge on any atom is -0.486 e. The fourth-order valence-corrected chi connectivity index (χ4v) is 6.47. The van der Waals surface area contributed by atoms with Crippen LogP contribution in [0.25, 0.3) is 0 Å². The van der Waals surface area contributed by atoms with E-state index in [-0.39, 0.29) is 23.7 Å². The third-order valence-corrected chi connectivity index (χ3v) is 9.18. The van der Waals surface area contributed by atoms with Crippen LogP contribution in [0.3, 0.4) is 0 Å². The molecule has 1 amide bonds. The van der Waals surface area contributed by atoms with Crippen molar-refractivity contribution in [1.82, 2.24) is 4.72 Å². The van der Waals surface area contributed by atoms with Crippen LogP contribution < -0.4 is 9.46 Å². The van der Waals surface area contributed by atoms with Crippen LogP contribution in [0.15, 0.2) is 28.5 Å². The van der Waals surface area contributed by atoms with E-state index in [4.69, 9.17) is 4.74 Å². The Morgan fingerprint density at radius 1 is 1.03 bits per heavy atom. The first kappa shape index (κ1) is 27.3. The highest BCUT2D eigenvalue weighted by atomic mass is 32.2. The quantitative estimate of drug-likeness (QED) is 0.441. The SMILES string of the molecule is CCC(=O)NS(=O)c1sc(C(CC)(CC)c2ccc(OCC(=O)C(C)(C)C)c(C)c2)cc1C. The number of aryl methyl sites for hydroxylation is 2. The highest BCUT2D eigenvalue weighted by Crippen LogP contribution is 2.44. The lowest BCUT2D eigenvalue weighted by Crippen LogP contribution is -2.27. The van der Waals surface area contributed by atoms with Gasteiger partial charge in [0.2, 0.25) is 5.91 Å². The molecule has 1 N–H and O–H groups in total. The van der Waals surface area contributed by atoms with E-state index in [1.165, 1.54) is 11.3 Å². The predicted molar refractivity (Wildman–Crippen MR) is 136 cm³/mol. The lowest BCUT2D eigenvalue weighted by molar-refractivity contribution is -0.128. The van der Waals surface area contributed by atoms with E-state index in [1.807, 2.05) is 40.7 Å². The first-order valence-corrected chi connectivity index (χ1v) is 13.5. The van der Waals surface area contributed by atoms with Crippen molar-refractivity contribution in [2.75, 3.05) is 6.61 Å². The number of Topliss-reactive ketones (excluding diaryl/α,β-unsaturated/α-hetero) is 1. The van der Waals surface area contributed by atoms with Gasteiger partial charge in [-0.3, -0.25) is 14.3 Å². The number of ketones is 1. The van der Waals surface area contributed by atoms with Crippen molar-refractivity contribution in [3.05, 3.63) is 45.8 Å². The first-order chi connectivity index (χ1) is 15.4. The lowest BCUT2D eigenvalue weighted by Gasteiger charge is -2.32. The van der Waals surface area contributed by atoms with Gasteiger partial charge in [0.05, 0.1) is 0 Å². The number of hydrogen-bond acceptors (Lipinski definition) is 5. The summed E-state index contributed by atoms with van der Waals surface area (Å²) in [4.78, 5) is 25.1. The Morgan fingerprint density at radius 3 is 2.18 bits per heavy atom. The number of nitrogens with one attached hydrogen (secondary N) is 1. The van der Waals surface area contributed by atoms with Crippen molar-refractivity contribution in [2.24, 2.45) is 5.41 Å². The minimum absolute atomic E-state index is 0.0547. The summed E-state index contributed by atoms with van der Waals surface area (Å²) in [5, 5.41) is 0. The maximum absolute atomic E-state index is 12.7. The molecule has 2 aromatic rings. The summed E-state index contributed by atoms with van der Waals surface area (Å²) in [6.45, 7) is 15.7. The Hall–Kier alpha value is -1.99. The van der Waals surface area contributed by atoms with Gasteiger partial charge < -0.3 is 4.74 Å². The molecule has 0 saturated heterocycles. The smallest absolute Gasteiger partial charge is 0.231 e. The largest absolute Gasteiger partial charge is 0.486 e. The van der Waals surface area contributed by atoms with Crippen LogP contribution in [0.4, 0.5) is 0 Å².